The van der Waals surface area contributed by atoms with Crippen LogP contribution in [0.5, 0.6) is 5.75 Å². The van der Waals surface area contributed by atoms with Gasteiger partial charge in [-0.05, 0) is 54.7 Å². The number of allylic oxidation sites excluding steroid dienone is 1. The molecule has 0 radical (unpaired) electrons. The molecule has 0 atom stereocenters. The van der Waals surface area contributed by atoms with E-state index in [1.807, 2.05) is 48.7 Å². The SMILES string of the molecule is C=CCn1c(COc2ccc(Br)cc2C(C)C)nnc1SCC(=O)Nc1c(C)cccc1C. The maximum absolute atomic E-state index is 12.6. The number of nitrogens with one attached hydrogen (secondary N) is 1. The van der Waals surface area contributed by atoms with Crippen molar-refractivity contribution in [3.05, 3.63) is 76.0 Å². The average Bonchev–Trinajstić information content (AvgIpc) is 3.15. The Kier molecular flexibility index (Phi) is 8.74. The molecule has 0 fully saturated rings. The second-order valence-corrected chi connectivity index (χ2v) is 9.89. The lowest BCUT2D eigenvalue weighted by atomic mass is 10.0. The molecule has 0 unspecified atom stereocenters. The van der Waals surface area contributed by atoms with Crippen LogP contribution in [0.25, 0.3) is 0 Å². The van der Waals surface area contributed by atoms with E-state index >= 15 is 0 Å². The van der Waals surface area contributed by atoms with Crippen LogP contribution in [0, 0.1) is 13.8 Å². The van der Waals surface area contributed by atoms with Crippen LogP contribution in [0.4, 0.5) is 5.69 Å². The van der Waals surface area contributed by atoms with E-state index in [0.29, 0.717) is 23.4 Å². The largest absolute Gasteiger partial charge is 0.485 e. The summed E-state index contributed by atoms with van der Waals surface area (Å²) in [6.07, 6.45) is 1.78. The number of aromatic nitrogens is 3. The number of ether oxygens (including phenoxy) is 1. The van der Waals surface area contributed by atoms with Crippen LogP contribution in [-0.2, 0) is 17.9 Å². The lowest BCUT2D eigenvalue weighted by Crippen LogP contribution is -2.16. The Morgan fingerprint density at radius 2 is 1.97 bits per heavy atom. The zero-order valence-electron chi connectivity index (χ0n) is 19.4. The number of thioether (sulfide) groups is 1. The molecule has 3 aromatic rings. The van der Waals surface area contributed by atoms with Gasteiger partial charge in [-0.3, -0.25) is 9.36 Å². The van der Waals surface area contributed by atoms with E-state index < -0.39 is 0 Å². The number of nitrogens with zero attached hydrogens (tertiary/aromatic N) is 3. The summed E-state index contributed by atoms with van der Waals surface area (Å²) >= 11 is 4.87. The monoisotopic (exact) mass is 528 g/mol. The van der Waals surface area contributed by atoms with Crippen molar-refractivity contribution in [3.8, 4) is 5.75 Å². The van der Waals surface area contributed by atoms with Gasteiger partial charge in [-0.2, -0.15) is 0 Å². The van der Waals surface area contributed by atoms with Gasteiger partial charge in [-0.15, -0.1) is 16.8 Å². The van der Waals surface area contributed by atoms with Gasteiger partial charge in [0.25, 0.3) is 0 Å². The van der Waals surface area contributed by atoms with Crippen LogP contribution >= 0.6 is 27.7 Å². The van der Waals surface area contributed by atoms with E-state index in [9.17, 15) is 4.79 Å². The normalized spacial score (nSPS) is 11.0. The molecule has 2 aromatic carbocycles. The summed E-state index contributed by atoms with van der Waals surface area (Å²) in [4.78, 5) is 12.6. The molecule has 1 amide bonds. The number of hydrogen-bond acceptors (Lipinski definition) is 5. The highest BCUT2D eigenvalue weighted by Gasteiger charge is 2.16. The molecular formula is C25H29BrN4O2S. The van der Waals surface area contributed by atoms with Crippen LogP contribution in [0.2, 0.25) is 0 Å². The zero-order chi connectivity index (χ0) is 24.0. The fourth-order valence-electron chi connectivity index (χ4n) is 3.41. The Bertz CT molecular complexity index is 1120. The van der Waals surface area contributed by atoms with E-state index in [0.717, 1.165) is 32.6 Å². The number of rotatable bonds is 10. The summed E-state index contributed by atoms with van der Waals surface area (Å²) in [7, 11) is 0. The summed E-state index contributed by atoms with van der Waals surface area (Å²) in [6.45, 7) is 12.9. The summed E-state index contributed by atoms with van der Waals surface area (Å²) in [6, 6.07) is 11.9. The third-order valence-electron chi connectivity index (χ3n) is 5.13. The van der Waals surface area contributed by atoms with E-state index in [-0.39, 0.29) is 18.3 Å². The van der Waals surface area contributed by atoms with Crippen LogP contribution in [0.15, 0.2) is 58.7 Å². The number of carbonyl (C=O) groups excluding carboxylic acids is 1. The number of aryl methyl sites for hydroxylation is 2. The Labute approximate surface area is 208 Å². The van der Waals surface area contributed by atoms with Crippen molar-refractivity contribution in [1.29, 1.82) is 0 Å². The molecule has 1 N–H and O–H groups in total. The van der Waals surface area contributed by atoms with Crippen LogP contribution in [0.3, 0.4) is 0 Å². The minimum atomic E-state index is -0.0835. The van der Waals surface area contributed by atoms with Crippen LogP contribution in [0.1, 0.15) is 42.3 Å². The molecule has 0 spiro atoms. The van der Waals surface area contributed by atoms with Crippen molar-refractivity contribution >= 4 is 39.3 Å². The predicted molar refractivity (Wildman–Crippen MR) is 138 cm³/mol. The van der Waals surface area contributed by atoms with Gasteiger partial charge >= 0.3 is 0 Å². The maximum Gasteiger partial charge on any atom is 0.234 e. The van der Waals surface area contributed by atoms with Crippen molar-refractivity contribution in [1.82, 2.24) is 14.8 Å². The molecular weight excluding hydrogens is 500 g/mol. The summed E-state index contributed by atoms with van der Waals surface area (Å²) in [5.41, 5.74) is 4.06. The molecule has 1 heterocycles. The van der Waals surface area contributed by atoms with E-state index in [4.69, 9.17) is 4.74 Å². The first-order valence-corrected chi connectivity index (χ1v) is 12.5. The van der Waals surface area contributed by atoms with E-state index in [1.54, 1.807) is 6.08 Å². The van der Waals surface area contributed by atoms with E-state index in [1.165, 1.54) is 11.8 Å². The number of carbonyl (C=O) groups is 1. The number of para-hydroxylation sites is 1. The molecule has 0 aliphatic carbocycles. The van der Waals surface area contributed by atoms with E-state index in [2.05, 4.69) is 57.9 Å². The minimum absolute atomic E-state index is 0.0835. The summed E-state index contributed by atoms with van der Waals surface area (Å²) in [5, 5.41) is 12.3. The predicted octanol–water partition coefficient (Wildman–Crippen LogP) is 6.28. The van der Waals surface area contributed by atoms with Crippen molar-refractivity contribution < 1.29 is 9.53 Å². The third-order valence-corrected chi connectivity index (χ3v) is 6.59. The summed E-state index contributed by atoms with van der Waals surface area (Å²) < 4.78 is 9.05. The first kappa shape index (κ1) is 25.1. The van der Waals surface area contributed by atoms with Crippen molar-refractivity contribution in [2.75, 3.05) is 11.1 Å². The Hall–Kier alpha value is -2.58. The molecule has 1 aromatic heterocycles. The van der Waals surface area contributed by atoms with Crippen molar-refractivity contribution in [2.24, 2.45) is 0 Å². The second kappa shape index (κ2) is 11.5. The smallest absolute Gasteiger partial charge is 0.234 e. The van der Waals surface area contributed by atoms with Gasteiger partial charge < -0.3 is 10.1 Å². The fraction of sp³-hybridized carbons (Fsp3) is 0.320. The molecule has 174 valence electrons. The van der Waals surface area contributed by atoms with Gasteiger partial charge in [0, 0.05) is 16.7 Å². The van der Waals surface area contributed by atoms with Gasteiger partial charge in [0.2, 0.25) is 5.91 Å². The highest BCUT2D eigenvalue weighted by Crippen LogP contribution is 2.30. The summed E-state index contributed by atoms with van der Waals surface area (Å²) in [5.74, 6) is 1.98. The number of benzene rings is 2. The van der Waals surface area contributed by atoms with Crippen LogP contribution in [-0.4, -0.2) is 26.4 Å². The van der Waals surface area contributed by atoms with Crippen molar-refractivity contribution in [2.45, 2.75) is 51.9 Å². The molecule has 0 aliphatic rings. The second-order valence-electron chi connectivity index (χ2n) is 8.03. The molecule has 0 saturated heterocycles. The zero-order valence-corrected chi connectivity index (χ0v) is 21.8. The number of halogens is 1. The van der Waals surface area contributed by atoms with Gasteiger partial charge in [0.15, 0.2) is 11.0 Å². The van der Waals surface area contributed by atoms with Crippen LogP contribution < -0.4 is 10.1 Å². The number of hydrogen-bond donors (Lipinski definition) is 1. The molecule has 0 bridgehead atoms. The topological polar surface area (TPSA) is 69.0 Å². The van der Waals surface area contributed by atoms with Gasteiger partial charge in [-0.25, -0.2) is 0 Å². The fourth-order valence-corrected chi connectivity index (χ4v) is 4.55. The molecule has 6 nitrogen and oxygen atoms in total. The minimum Gasteiger partial charge on any atom is -0.485 e. The van der Waals surface area contributed by atoms with Gasteiger partial charge in [0.1, 0.15) is 12.4 Å². The Balaban J connectivity index is 1.68. The highest BCUT2D eigenvalue weighted by atomic mass is 79.9. The lowest BCUT2D eigenvalue weighted by molar-refractivity contribution is -0.113. The molecule has 3 rings (SSSR count). The first-order valence-electron chi connectivity index (χ1n) is 10.7. The Morgan fingerprint density at radius 3 is 2.64 bits per heavy atom. The van der Waals surface area contributed by atoms with Gasteiger partial charge in [0.05, 0.1) is 5.75 Å². The number of amides is 1. The lowest BCUT2D eigenvalue weighted by Gasteiger charge is -2.15. The molecule has 8 heteroatoms. The first-order chi connectivity index (χ1) is 15.8. The molecule has 0 aliphatic heterocycles. The third kappa shape index (κ3) is 6.48. The quantitative estimate of drug-likeness (QED) is 0.247. The van der Waals surface area contributed by atoms with Crippen molar-refractivity contribution in [3.63, 3.8) is 0 Å². The Morgan fingerprint density at radius 1 is 1.24 bits per heavy atom. The highest BCUT2D eigenvalue weighted by molar-refractivity contribution is 9.10. The molecule has 33 heavy (non-hydrogen) atoms. The van der Waals surface area contributed by atoms with Gasteiger partial charge in [-0.1, -0.05) is 65.8 Å². The number of anilines is 1. The standard InChI is InChI=1S/C25H29BrN4O2S/c1-6-12-30-22(14-32-21-11-10-19(26)13-20(21)16(2)3)28-29-25(30)33-15-23(31)27-24-17(4)8-7-9-18(24)5/h6-11,13,16H,1,12,14-15H2,2-5H3,(H,27,31). The average molecular weight is 530 g/mol. The molecule has 0 saturated carbocycles. The maximum atomic E-state index is 12.6.